The molecule has 0 spiro atoms. The fourth-order valence-electron chi connectivity index (χ4n) is 5.81. The number of nitrogens with zero attached hydrogens (tertiary/aromatic N) is 1. The van der Waals surface area contributed by atoms with Crippen molar-refractivity contribution in [3.05, 3.63) is 45.2 Å². The lowest BCUT2D eigenvalue weighted by Gasteiger charge is -2.46. The molecule has 1 saturated carbocycles. The summed E-state index contributed by atoms with van der Waals surface area (Å²) in [6, 6.07) is 0.882. The third-order valence-corrected chi connectivity index (χ3v) is 7.08. The van der Waals surface area contributed by atoms with Gasteiger partial charge in [0.1, 0.15) is 22.8 Å². The van der Waals surface area contributed by atoms with Gasteiger partial charge >= 0.3 is 0 Å². The highest BCUT2D eigenvalue weighted by atomic mass is 16.3. The number of benzene rings is 1. The molecule has 8 heteroatoms. The minimum Gasteiger partial charge on any atom is -0.510 e. The maximum Gasteiger partial charge on any atom is 0.255 e. The van der Waals surface area contributed by atoms with E-state index >= 15 is 0 Å². The van der Waals surface area contributed by atoms with Crippen LogP contribution in [0.25, 0.3) is 5.76 Å². The second kappa shape index (κ2) is 8.65. The van der Waals surface area contributed by atoms with E-state index < -0.39 is 58.4 Å². The van der Waals surface area contributed by atoms with Crippen LogP contribution >= 0.6 is 0 Å². The molecule has 35 heavy (non-hydrogen) atoms. The smallest absolute Gasteiger partial charge is 0.255 e. The Hall–Kier alpha value is -4.01. The zero-order chi connectivity index (χ0) is 25.8. The number of phenols is 1. The molecule has 3 aliphatic carbocycles. The van der Waals surface area contributed by atoms with Crippen LogP contribution in [-0.4, -0.2) is 57.8 Å². The van der Waals surface area contributed by atoms with E-state index in [0.29, 0.717) is 17.5 Å². The topological polar surface area (TPSA) is 141 Å². The molecule has 1 aromatic carbocycles. The van der Waals surface area contributed by atoms with Crippen molar-refractivity contribution in [2.24, 2.45) is 23.5 Å². The van der Waals surface area contributed by atoms with Crippen LogP contribution in [0.1, 0.15) is 42.5 Å². The minimum absolute atomic E-state index is 0.0298. The minimum atomic E-state index is -1.29. The number of hydrogen-bond acceptors (Lipinski definition) is 7. The molecule has 8 nitrogen and oxygen atoms in total. The fourth-order valence-corrected chi connectivity index (χ4v) is 5.81. The van der Waals surface area contributed by atoms with Gasteiger partial charge in [0.25, 0.3) is 5.91 Å². The predicted molar refractivity (Wildman–Crippen MR) is 128 cm³/mol. The number of rotatable bonds is 2. The molecule has 0 heterocycles. The van der Waals surface area contributed by atoms with Crippen molar-refractivity contribution in [2.45, 2.75) is 32.7 Å². The average molecular weight is 475 g/mol. The van der Waals surface area contributed by atoms with E-state index in [9.17, 15) is 29.7 Å². The third kappa shape index (κ3) is 3.50. The number of nitrogens with two attached hydrogens (primary N) is 1. The van der Waals surface area contributed by atoms with Crippen molar-refractivity contribution in [3.63, 3.8) is 0 Å². The zero-order valence-corrected chi connectivity index (χ0v) is 19.9. The Kier molecular flexibility index (Phi) is 5.96. The molecule has 1 aromatic rings. The van der Waals surface area contributed by atoms with Crippen LogP contribution in [0.2, 0.25) is 0 Å². The van der Waals surface area contributed by atoms with Crippen molar-refractivity contribution in [3.8, 4) is 29.4 Å². The molecule has 3 aliphatic rings. The van der Waals surface area contributed by atoms with Gasteiger partial charge in [-0.25, -0.2) is 0 Å². The highest BCUT2D eigenvalue weighted by Gasteiger charge is 2.55. The monoisotopic (exact) mass is 474 g/mol. The first kappa shape index (κ1) is 24.1. The molecule has 180 valence electrons. The number of aliphatic hydroxyl groups is 2. The summed E-state index contributed by atoms with van der Waals surface area (Å²) in [4.78, 5) is 40.6. The van der Waals surface area contributed by atoms with Gasteiger partial charge in [-0.1, -0.05) is 11.8 Å². The number of carbonyl (C=O) groups excluding carboxylic acids is 3. The van der Waals surface area contributed by atoms with Crippen molar-refractivity contribution < 1.29 is 29.7 Å². The Morgan fingerprint density at radius 1 is 1.06 bits per heavy atom. The molecule has 0 radical (unpaired) electrons. The Labute approximate surface area is 203 Å². The van der Waals surface area contributed by atoms with E-state index in [1.807, 2.05) is 0 Å². The number of carbonyl (C=O) groups is 3. The maximum atomic E-state index is 13.7. The van der Waals surface area contributed by atoms with Gasteiger partial charge in [-0.2, -0.15) is 0 Å². The Morgan fingerprint density at radius 2 is 1.69 bits per heavy atom. The van der Waals surface area contributed by atoms with Crippen LogP contribution in [0.15, 0.2) is 23.0 Å². The van der Waals surface area contributed by atoms with E-state index in [-0.39, 0.29) is 28.9 Å². The van der Waals surface area contributed by atoms with Gasteiger partial charge in [0, 0.05) is 11.1 Å². The van der Waals surface area contributed by atoms with Crippen LogP contribution in [0.5, 0.6) is 5.75 Å². The lowest BCUT2D eigenvalue weighted by atomic mass is 9.59. The molecule has 0 aromatic heterocycles. The molecule has 5 N–H and O–H groups in total. The first-order valence-corrected chi connectivity index (χ1v) is 11.2. The summed E-state index contributed by atoms with van der Waals surface area (Å²) in [6.45, 7) is 3.28. The van der Waals surface area contributed by atoms with Crippen molar-refractivity contribution in [1.29, 1.82) is 0 Å². The number of allylic oxidation sites excluding steroid dienone is 1. The fraction of sp³-hybridized carbons (Fsp3) is 0.370. The average Bonchev–Trinajstić information content (AvgIpc) is 2.76. The van der Waals surface area contributed by atoms with Crippen LogP contribution < -0.4 is 5.73 Å². The van der Waals surface area contributed by atoms with Gasteiger partial charge in [0.05, 0.1) is 23.1 Å². The highest BCUT2D eigenvalue weighted by molar-refractivity contribution is 6.28. The van der Waals surface area contributed by atoms with Gasteiger partial charge in [0.2, 0.25) is 0 Å². The largest absolute Gasteiger partial charge is 0.510 e. The number of hydrogen-bond donors (Lipinski definition) is 4. The van der Waals surface area contributed by atoms with Crippen molar-refractivity contribution in [2.75, 3.05) is 14.1 Å². The molecular formula is C27H26N2O6. The Bertz CT molecular complexity index is 1380. The number of fused-ring (bicyclic) bond motifs is 3. The molecule has 3 unspecified atom stereocenters. The summed E-state index contributed by atoms with van der Waals surface area (Å²) in [6.07, 6.45) is 0.582. The van der Waals surface area contributed by atoms with Gasteiger partial charge in [-0.15, -0.1) is 11.8 Å². The second-order valence-corrected chi connectivity index (χ2v) is 9.23. The number of phenolic OH excluding ortho intramolecular Hbond substituents is 1. The number of aromatic hydroxyl groups is 1. The quantitative estimate of drug-likeness (QED) is 0.290. The summed E-state index contributed by atoms with van der Waals surface area (Å²) >= 11 is 0. The molecule has 4 rings (SSSR count). The normalized spacial score (nSPS) is 25.2. The van der Waals surface area contributed by atoms with E-state index in [0.717, 1.165) is 0 Å². The lowest BCUT2D eigenvalue weighted by Crippen LogP contribution is -2.55. The summed E-state index contributed by atoms with van der Waals surface area (Å²) in [5.41, 5.74) is 6.35. The maximum absolute atomic E-state index is 13.7. The van der Waals surface area contributed by atoms with Gasteiger partial charge < -0.3 is 21.1 Å². The second-order valence-electron chi connectivity index (χ2n) is 9.23. The van der Waals surface area contributed by atoms with Crippen molar-refractivity contribution >= 4 is 23.2 Å². The van der Waals surface area contributed by atoms with Crippen molar-refractivity contribution in [1.82, 2.24) is 4.90 Å². The predicted octanol–water partition coefficient (Wildman–Crippen LogP) is 1.59. The molecule has 1 fully saturated rings. The summed E-state index contributed by atoms with van der Waals surface area (Å²) in [7, 11) is 3.36. The Morgan fingerprint density at radius 3 is 2.26 bits per heavy atom. The third-order valence-electron chi connectivity index (χ3n) is 7.08. The molecule has 0 aliphatic heterocycles. The van der Waals surface area contributed by atoms with Crippen LogP contribution in [0, 0.1) is 41.4 Å². The van der Waals surface area contributed by atoms with Gasteiger partial charge in [-0.05, 0) is 64.3 Å². The molecule has 0 saturated heterocycles. The number of primary amides is 1. The number of Topliss-reactive ketones (excluding diaryl/α,β-unsaturated/α-hetero) is 2. The van der Waals surface area contributed by atoms with Gasteiger partial charge in [0.15, 0.2) is 11.6 Å². The SMILES string of the molecule is CC#Cc1cc(C#CC)c2c(c1O)C(O)=C1C(=O)C3C(=O)C(C(N)=O)=C(O)[C@@H](N(C)C)C3CC1C2. The summed E-state index contributed by atoms with van der Waals surface area (Å²) in [5, 5.41) is 33.0. The standard InChI is InChI=1S/C27H26N2O6/c1-5-7-12-9-13(8-6-2)22(30)18-15(12)10-14-11-16-19(24(32)17(14)23(18)31)25(33)20(27(28)35)26(34)21(16)29(3)4/h9,14,16,19,21,30-31,34H,10-11H2,1-4H3,(H2,28,35)/t14?,16?,19?,21-/m0/s1. The number of amides is 1. The first-order chi connectivity index (χ1) is 16.5. The van der Waals surface area contributed by atoms with E-state index in [1.54, 1.807) is 38.9 Å². The highest BCUT2D eigenvalue weighted by Crippen LogP contribution is 2.51. The molecule has 1 amide bonds. The lowest BCUT2D eigenvalue weighted by molar-refractivity contribution is -0.136. The Balaban J connectivity index is 1.96. The van der Waals surface area contributed by atoms with E-state index in [1.165, 1.54) is 0 Å². The van der Waals surface area contributed by atoms with E-state index in [2.05, 4.69) is 23.7 Å². The van der Waals surface area contributed by atoms with Crippen LogP contribution in [-0.2, 0) is 20.8 Å². The first-order valence-electron chi connectivity index (χ1n) is 11.2. The number of likely N-dealkylation sites (N-methyl/N-ethyl adjacent to an activating group) is 1. The number of aliphatic hydroxyl groups excluding tert-OH is 2. The van der Waals surface area contributed by atoms with E-state index in [4.69, 9.17) is 5.73 Å². The number of ketones is 2. The summed E-state index contributed by atoms with van der Waals surface area (Å²) in [5.74, 6) is 5.25. The van der Waals surface area contributed by atoms with Gasteiger partial charge in [-0.3, -0.25) is 19.3 Å². The summed E-state index contributed by atoms with van der Waals surface area (Å²) < 4.78 is 0. The molecule has 4 atom stereocenters. The zero-order valence-electron chi connectivity index (χ0n) is 19.9. The van der Waals surface area contributed by atoms with Crippen LogP contribution in [0.3, 0.4) is 0 Å². The molecular weight excluding hydrogens is 448 g/mol. The molecule has 0 bridgehead atoms. The van der Waals surface area contributed by atoms with Crippen LogP contribution in [0.4, 0.5) is 0 Å².